The van der Waals surface area contributed by atoms with Gasteiger partial charge in [0.25, 0.3) is 5.91 Å². The van der Waals surface area contributed by atoms with Gasteiger partial charge in [-0.15, -0.1) is 0 Å². The number of amides is 1. The molecule has 1 aliphatic rings. The summed E-state index contributed by atoms with van der Waals surface area (Å²) in [5.41, 5.74) is 0. The molecular formula is C15H25F2NO3. The van der Waals surface area contributed by atoms with Gasteiger partial charge >= 0.3 is 11.9 Å². The molecular weight excluding hydrogens is 280 g/mol. The van der Waals surface area contributed by atoms with Crippen LogP contribution < -0.4 is 0 Å². The lowest BCUT2D eigenvalue weighted by Gasteiger charge is -2.29. The number of alkyl halides is 2. The monoisotopic (exact) mass is 305 g/mol. The Hall–Kier alpha value is -1.20. The molecule has 0 aliphatic carbocycles. The van der Waals surface area contributed by atoms with Crippen LogP contribution in [0.5, 0.6) is 0 Å². The quantitative estimate of drug-likeness (QED) is 0.511. The van der Waals surface area contributed by atoms with Crippen molar-refractivity contribution >= 4 is 11.9 Å². The number of carbonyl (C=O) groups excluding carboxylic acids is 2. The summed E-state index contributed by atoms with van der Waals surface area (Å²) in [5, 5.41) is 0. The minimum atomic E-state index is -3.64. The molecule has 1 unspecified atom stereocenters. The fourth-order valence-electron chi connectivity index (χ4n) is 2.40. The van der Waals surface area contributed by atoms with Gasteiger partial charge in [0.1, 0.15) is 0 Å². The Balaban J connectivity index is 2.76. The van der Waals surface area contributed by atoms with Crippen molar-refractivity contribution in [3.8, 4) is 0 Å². The molecule has 21 heavy (non-hydrogen) atoms. The van der Waals surface area contributed by atoms with Gasteiger partial charge in [-0.05, 0) is 25.7 Å². The second-order valence-corrected chi connectivity index (χ2v) is 5.45. The number of hydrogen-bond acceptors (Lipinski definition) is 3. The van der Waals surface area contributed by atoms with Gasteiger partial charge in [0.05, 0.1) is 0 Å². The fraction of sp³-hybridized carbons (Fsp3) is 0.867. The summed E-state index contributed by atoms with van der Waals surface area (Å²) >= 11 is 0. The van der Waals surface area contributed by atoms with E-state index in [0.717, 1.165) is 25.7 Å². The molecule has 4 nitrogen and oxygen atoms in total. The number of nitrogens with zero attached hydrogens (tertiary/aromatic N) is 1. The Morgan fingerprint density at radius 1 is 1.19 bits per heavy atom. The molecule has 1 atom stereocenters. The maximum absolute atomic E-state index is 14.4. The summed E-state index contributed by atoms with van der Waals surface area (Å²) in [6.45, 7) is 4.22. The van der Waals surface area contributed by atoms with Crippen molar-refractivity contribution in [2.45, 2.75) is 70.8 Å². The first kappa shape index (κ1) is 17.9. The standard InChI is InChI=1S/C15H25F2NO3/c1-3-5-6-9-12(21-13(19)4-2)15(16,17)14(20)18-10-7-8-11-18/h12H,3-11H2,1-2H3. The van der Waals surface area contributed by atoms with Crippen LogP contribution >= 0.6 is 0 Å². The molecule has 0 radical (unpaired) electrons. The van der Waals surface area contributed by atoms with Gasteiger partial charge in [-0.1, -0.05) is 26.7 Å². The van der Waals surface area contributed by atoms with Crippen LogP contribution in [0.2, 0.25) is 0 Å². The van der Waals surface area contributed by atoms with Gasteiger partial charge in [0, 0.05) is 19.5 Å². The smallest absolute Gasteiger partial charge is 0.360 e. The van der Waals surface area contributed by atoms with Crippen molar-refractivity contribution in [2.24, 2.45) is 0 Å². The maximum Gasteiger partial charge on any atom is 0.360 e. The Morgan fingerprint density at radius 3 is 2.33 bits per heavy atom. The fourth-order valence-corrected chi connectivity index (χ4v) is 2.40. The summed E-state index contributed by atoms with van der Waals surface area (Å²) in [4.78, 5) is 24.5. The lowest BCUT2D eigenvalue weighted by molar-refractivity contribution is -0.188. The summed E-state index contributed by atoms with van der Waals surface area (Å²) in [7, 11) is 0. The molecule has 1 fully saturated rings. The first-order valence-electron chi connectivity index (χ1n) is 7.80. The number of ether oxygens (including phenoxy) is 1. The second kappa shape index (κ2) is 8.29. The number of esters is 1. The molecule has 0 N–H and O–H groups in total. The van der Waals surface area contributed by atoms with E-state index in [4.69, 9.17) is 4.74 Å². The third kappa shape index (κ3) is 4.93. The zero-order valence-electron chi connectivity index (χ0n) is 12.9. The van der Waals surface area contributed by atoms with E-state index in [0.29, 0.717) is 19.5 Å². The average molecular weight is 305 g/mol. The highest BCUT2D eigenvalue weighted by Gasteiger charge is 2.51. The first-order chi connectivity index (χ1) is 9.93. The van der Waals surface area contributed by atoms with Crippen LogP contribution in [0.1, 0.15) is 58.8 Å². The molecule has 0 bridgehead atoms. The Kier molecular flexibility index (Phi) is 7.05. The summed E-state index contributed by atoms with van der Waals surface area (Å²) in [6.07, 6.45) is 2.05. The van der Waals surface area contributed by atoms with Crippen molar-refractivity contribution in [3.05, 3.63) is 0 Å². The van der Waals surface area contributed by atoms with Crippen LogP contribution in [0.25, 0.3) is 0 Å². The average Bonchev–Trinajstić information content (AvgIpc) is 2.99. The SMILES string of the molecule is CCCCCC(OC(=O)CC)C(F)(F)C(=O)N1CCCC1. The highest BCUT2D eigenvalue weighted by Crippen LogP contribution is 2.30. The number of hydrogen-bond donors (Lipinski definition) is 0. The minimum absolute atomic E-state index is 0.0200. The van der Waals surface area contributed by atoms with Gasteiger partial charge in [0.2, 0.25) is 0 Å². The lowest BCUT2D eigenvalue weighted by atomic mass is 10.0. The minimum Gasteiger partial charge on any atom is -0.455 e. The van der Waals surface area contributed by atoms with Crippen molar-refractivity contribution in [2.75, 3.05) is 13.1 Å². The highest BCUT2D eigenvalue weighted by molar-refractivity contribution is 5.85. The van der Waals surface area contributed by atoms with Gasteiger partial charge < -0.3 is 9.64 Å². The molecule has 122 valence electrons. The molecule has 0 aromatic heterocycles. The van der Waals surface area contributed by atoms with Crippen molar-refractivity contribution in [3.63, 3.8) is 0 Å². The molecule has 0 saturated carbocycles. The molecule has 0 spiro atoms. The molecule has 1 rings (SSSR count). The molecule has 1 saturated heterocycles. The number of carbonyl (C=O) groups is 2. The molecule has 1 heterocycles. The summed E-state index contributed by atoms with van der Waals surface area (Å²) in [6, 6.07) is 0. The largest absolute Gasteiger partial charge is 0.455 e. The van der Waals surface area contributed by atoms with Crippen molar-refractivity contribution in [1.29, 1.82) is 0 Å². The molecule has 1 amide bonds. The molecule has 6 heteroatoms. The number of unbranched alkanes of at least 4 members (excludes halogenated alkanes) is 2. The van der Waals surface area contributed by atoms with E-state index in [9.17, 15) is 18.4 Å². The predicted octanol–water partition coefficient (Wildman–Crippen LogP) is 3.15. The van der Waals surface area contributed by atoms with Crippen LogP contribution in [0.15, 0.2) is 0 Å². The van der Waals surface area contributed by atoms with Gasteiger partial charge in [0.15, 0.2) is 6.10 Å². The topological polar surface area (TPSA) is 46.6 Å². The number of halogens is 2. The van der Waals surface area contributed by atoms with E-state index >= 15 is 0 Å². The van der Waals surface area contributed by atoms with E-state index in [1.807, 2.05) is 6.92 Å². The summed E-state index contributed by atoms with van der Waals surface area (Å²) < 4.78 is 33.6. The van der Waals surface area contributed by atoms with Crippen molar-refractivity contribution < 1.29 is 23.1 Å². The first-order valence-corrected chi connectivity index (χ1v) is 7.80. The van der Waals surface area contributed by atoms with E-state index in [2.05, 4.69) is 0 Å². The van der Waals surface area contributed by atoms with Crippen LogP contribution in [0.3, 0.4) is 0 Å². The van der Waals surface area contributed by atoms with E-state index in [1.165, 1.54) is 4.90 Å². The molecule has 1 aliphatic heterocycles. The van der Waals surface area contributed by atoms with Gasteiger partial charge in [-0.2, -0.15) is 8.78 Å². The number of rotatable bonds is 8. The van der Waals surface area contributed by atoms with E-state index < -0.39 is 23.9 Å². The molecule has 0 aromatic carbocycles. The predicted molar refractivity (Wildman–Crippen MR) is 75.1 cm³/mol. The molecule has 0 aromatic rings. The second-order valence-electron chi connectivity index (χ2n) is 5.45. The van der Waals surface area contributed by atoms with Gasteiger partial charge in [-0.25, -0.2) is 0 Å². The zero-order valence-corrected chi connectivity index (χ0v) is 12.9. The highest BCUT2D eigenvalue weighted by atomic mass is 19.3. The van der Waals surface area contributed by atoms with Gasteiger partial charge in [-0.3, -0.25) is 9.59 Å². The normalized spacial score (nSPS) is 16.9. The van der Waals surface area contributed by atoms with Crippen LogP contribution in [0.4, 0.5) is 8.78 Å². The van der Waals surface area contributed by atoms with E-state index in [1.54, 1.807) is 6.92 Å². The summed E-state index contributed by atoms with van der Waals surface area (Å²) in [5.74, 6) is -5.53. The Bertz CT molecular complexity index is 355. The lowest BCUT2D eigenvalue weighted by Crippen LogP contribution is -2.51. The Morgan fingerprint density at radius 2 is 1.81 bits per heavy atom. The van der Waals surface area contributed by atoms with Crippen LogP contribution in [-0.2, 0) is 14.3 Å². The van der Waals surface area contributed by atoms with Crippen LogP contribution in [-0.4, -0.2) is 41.9 Å². The van der Waals surface area contributed by atoms with Crippen LogP contribution in [0, 0.1) is 0 Å². The number of likely N-dealkylation sites (tertiary alicyclic amines) is 1. The third-order valence-corrected chi connectivity index (χ3v) is 3.72. The maximum atomic E-state index is 14.4. The Labute approximate surface area is 124 Å². The zero-order chi connectivity index (χ0) is 15.9. The van der Waals surface area contributed by atoms with E-state index in [-0.39, 0.29) is 12.8 Å². The third-order valence-electron chi connectivity index (χ3n) is 3.72. The van der Waals surface area contributed by atoms with Crippen molar-refractivity contribution in [1.82, 2.24) is 4.90 Å².